The molecular formula is C12H21NO. The van der Waals surface area contributed by atoms with Crippen LogP contribution in [-0.2, 0) is 0 Å². The molecule has 2 heteroatoms. The van der Waals surface area contributed by atoms with Crippen LogP contribution in [0.1, 0.15) is 57.3 Å². The van der Waals surface area contributed by atoms with Gasteiger partial charge in [-0.05, 0) is 18.6 Å². The van der Waals surface area contributed by atoms with Crippen molar-refractivity contribution >= 4 is 0 Å². The Balaban J connectivity index is 2.07. The third-order valence-corrected chi connectivity index (χ3v) is 2.53. The summed E-state index contributed by atoms with van der Waals surface area (Å²) in [4.78, 5) is 0. The molecule has 2 nitrogen and oxygen atoms in total. The highest BCUT2D eigenvalue weighted by Crippen LogP contribution is 2.17. The van der Waals surface area contributed by atoms with E-state index in [4.69, 9.17) is 10.2 Å². The minimum absolute atomic E-state index is 0.0895. The smallest absolute Gasteiger partial charge is 0.120 e. The third kappa shape index (κ3) is 3.97. The predicted octanol–water partition coefficient (Wildman–Crippen LogP) is 3.64. The summed E-state index contributed by atoms with van der Waals surface area (Å²) < 4.78 is 5.25. The number of furan rings is 1. The van der Waals surface area contributed by atoms with Crippen molar-refractivity contribution in [3.05, 3.63) is 24.2 Å². The lowest BCUT2D eigenvalue weighted by Gasteiger charge is -2.07. The Labute approximate surface area is 86.5 Å². The molecule has 0 fully saturated rings. The topological polar surface area (TPSA) is 39.2 Å². The summed E-state index contributed by atoms with van der Waals surface area (Å²) in [5, 5.41) is 0. The van der Waals surface area contributed by atoms with Crippen molar-refractivity contribution in [2.75, 3.05) is 0 Å². The van der Waals surface area contributed by atoms with E-state index in [0.29, 0.717) is 0 Å². The number of unbranched alkanes of at least 4 members (excludes halogenated alkanes) is 4. The molecule has 0 saturated heterocycles. The van der Waals surface area contributed by atoms with E-state index in [-0.39, 0.29) is 6.04 Å². The van der Waals surface area contributed by atoms with E-state index in [2.05, 4.69) is 6.92 Å². The molecular weight excluding hydrogens is 174 g/mol. The van der Waals surface area contributed by atoms with Crippen LogP contribution in [0.3, 0.4) is 0 Å². The summed E-state index contributed by atoms with van der Waals surface area (Å²) in [6, 6.07) is 3.94. The average Bonchev–Trinajstić information content (AvgIpc) is 2.70. The van der Waals surface area contributed by atoms with Crippen molar-refractivity contribution < 1.29 is 4.42 Å². The number of rotatable bonds is 7. The van der Waals surface area contributed by atoms with E-state index < -0.39 is 0 Å². The fourth-order valence-corrected chi connectivity index (χ4v) is 1.61. The average molecular weight is 195 g/mol. The molecule has 0 radical (unpaired) electrons. The van der Waals surface area contributed by atoms with Gasteiger partial charge in [-0.25, -0.2) is 0 Å². The summed E-state index contributed by atoms with van der Waals surface area (Å²) in [6.07, 6.45) is 9.20. The van der Waals surface area contributed by atoms with Crippen LogP contribution in [0, 0.1) is 0 Å². The van der Waals surface area contributed by atoms with Gasteiger partial charge in [0.2, 0.25) is 0 Å². The molecule has 1 atom stereocenters. The fraction of sp³-hybridized carbons (Fsp3) is 0.667. The third-order valence-electron chi connectivity index (χ3n) is 2.53. The zero-order valence-corrected chi connectivity index (χ0v) is 9.04. The quantitative estimate of drug-likeness (QED) is 0.675. The molecule has 1 rings (SSSR count). The van der Waals surface area contributed by atoms with Crippen LogP contribution < -0.4 is 5.73 Å². The van der Waals surface area contributed by atoms with Gasteiger partial charge in [-0.15, -0.1) is 0 Å². The maximum Gasteiger partial charge on any atom is 0.120 e. The molecule has 0 amide bonds. The van der Waals surface area contributed by atoms with E-state index >= 15 is 0 Å². The summed E-state index contributed by atoms with van der Waals surface area (Å²) in [6.45, 7) is 2.23. The largest absolute Gasteiger partial charge is 0.468 e. The molecule has 80 valence electrons. The molecule has 1 aromatic heterocycles. The van der Waals surface area contributed by atoms with Gasteiger partial charge in [0.25, 0.3) is 0 Å². The maximum atomic E-state index is 5.96. The van der Waals surface area contributed by atoms with Crippen molar-refractivity contribution in [3.8, 4) is 0 Å². The first-order chi connectivity index (χ1) is 6.84. The summed E-state index contributed by atoms with van der Waals surface area (Å²) in [5.41, 5.74) is 5.96. The maximum absolute atomic E-state index is 5.96. The van der Waals surface area contributed by atoms with Gasteiger partial charge >= 0.3 is 0 Å². The molecule has 14 heavy (non-hydrogen) atoms. The van der Waals surface area contributed by atoms with E-state index in [1.807, 2.05) is 12.1 Å². The van der Waals surface area contributed by atoms with Crippen LogP contribution in [0.2, 0.25) is 0 Å². The molecule has 0 aliphatic rings. The van der Waals surface area contributed by atoms with Crippen LogP contribution in [0.25, 0.3) is 0 Å². The monoisotopic (exact) mass is 195 g/mol. The second-order valence-corrected chi connectivity index (χ2v) is 3.82. The van der Waals surface area contributed by atoms with E-state index in [0.717, 1.165) is 12.2 Å². The molecule has 0 spiro atoms. The molecule has 0 saturated carbocycles. The van der Waals surface area contributed by atoms with Gasteiger partial charge in [0.05, 0.1) is 12.3 Å². The Hall–Kier alpha value is -0.760. The van der Waals surface area contributed by atoms with Crippen LogP contribution in [0.4, 0.5) is 0 Å². The minimum Gasteiger partial charge on any atom is -0.468 e. The van der Waals surface area contributed by atoms with Crippen LogP contribution in [0.15, 0.2) is 22.8 Å². The van der Waals surface area contributed by atoms with Crippen molar-refractivity contribution in [3.63, 3.8) is 0 Å². The highest BCUT2D eigenvalue weighted by atomic mass is 16.3. The second kappa shape index (κ2) is 6.66. The Morgan fingerprint density at radius 1 is 1.29 bits per heavy atom. The Morgan fingerprint density at radius 2 is 2.07 bits per heavy atom. The summed E-state index contributed by atoms with van der Waals surface area (Å²) in [5.74, 6) is 0.917. The zero-order valence-electron chi connectivity index (χ0n) is 9.04. The lowest BCUT2D eigenvalue weighted by molar-refractivity contribution is 0.439. The van der Waals surface area contributed by atoms with Gasteiger partial charge in [0.15, 0.2) is 0 Å². The summed E-state index contributed by atoms with van der Waals surface area (Å²) in [7, 11) is 0. The van der Waals surface area contributed by atoms with Crippen molar-refractivity contribution in [2.24, 2.45) is 5.73 Å². The second-order valence-electron chi connectivity index (χ2n) is 3.82. The molecule has 0 aromatic carbocycles. The molecule has 0 bridgehead atoms. The van der Waals surface area contributed by atoms with Crippen molar-refractivity contribution in [2.45, 2.75) is 51.5 Å². The highest BCUT2D eigenvalue weighted by molar-refractivity contribution is 5.02. The Bertz CT molecular complexity index is 218. The SMILES string of the molecule is CCCCCCCC(N)c1ccco1. The van der Waals surface area contributed by atoms with Gasteiger partial charge < -0.3 is 10.2 Å². The number of nitrogens with two attached hydrogens (primary N) is 1. The molecule has 0 aliphatic heterocycles. The number of hydrogen-bond donors (Lipinski definition) is 1. The Morgan fingerprint density at radius 3 is 2.71 bits per heavy atom. The standard InChI is InChI=1S/C12H21NO/c1-2-3-4-5-6-8-11(13)12-9-7-10-14-12/h7,9-11H,2-6,8,13H2,1H3. The van der Waals surface area contributed by atoms with Gasteiger partial charge in [-0.3, -0.25) is 0 Å². The molecule has 1 unspecified atom stereocenters. The minimum atomic E-state index is 0.0895. The van der Waals surface area contributed by atoms with Gasteiger partial charge in [0, 0.05) is 0 Å². The molecule has 0 aliphatic carbocycles. The zero-order chi connectivity index (χ0) is 10.2. The van der Waals surface area contributed by atoms with Crippen LogP contribution >= 0.6 is 0 Å². The van der Waals surface area contributed by atoms with E-state index in [1.165, 1.54) is 32.1 Å². The van der Waals surface area contributed by atoms with Gasteiger partial charge in [-0.1, -0.05) is 39.0 Å². The first-order valence-electron chi connectivity index (χ1n) is 5.63. The predicted molar refractivity (Wildman–Crippen MR) is 59.0 cm³/mol. The van der Waals surface area contributed by atoms with E-state index in [1.54, 1.807) is 6.26 Å². The fourth-order valence-electron chi connectivity index (χ4n) is 1.61. The van der Waals surface area contributed by atoms with Crippen LogP contribution in [0.5, 0.6) is 0 Å². The number of hydrogen-bond acceptors (Lipinski definition) is 2. The lowest BCUT2D eigenvalue weighted by Crippen LogP contribution is -2.08. The van der Waals surface area contributed by atoms with E-state index in [9.17, 15) is 0 Å². The van der Waals surface area contributed by atoms with Gasteiger partial charge in [0.1, 0.15) is 5.76 Å². The first kappa shape index (κ1) is 11.3. The first-order valence-corrected chi connectivity index (χ1v) is 5.63. The van der Waals surface area contributed by atoms with Crippen molar-refractivity contribution in [1.29, 1.82) is 0 Å². The lowest BCUT2D eigenvalue weighted by atomic mass is 10.1. The molecule has 1 heterocycles. The highest BCUT2D eigenvalue weighted by Gasteiger charge is 2.07. The Kier molecular flexibility index (Phi) is 5.38. The van der Waals surface area contributed by atoms with Crippen molar-refractivity contribution in [1.82, 2.24) is 0 Å². The summed E-state index contributed by atoms with van der Waals surface area (Å²) >= 11 is 0. The molecule has 2 N–H and O–H groups in total. The normalized spacial score (nSPS) is 13.0. The van der Waals surface area contributed by atoms with Gasteiger partial charge in [-0.2, -0.15) is 0 Å². The van der Waals surface area contributed by atoms with Crippen LogP contribution in [-0.4, -0.2) is 0 Å². The molecule has 1 aromatic rings.